The van der Waals surface area contributed by atoms with Crippen LogP contribution < -0.4 is 5.32 Å². The van der Waals surface area contributed by atoms with E-state index in [0.717, 1.165) is 19.4 Å². The zero-order valence-electron chi connectivity index (χ0n) is 12.3. The first-order valence-electron chi connectivity index (χ1n) is 7.32. The van der Waals surface area contributed by atoms with Crippen molar-refractivity contribution >= 4 is 11.9 Å². The highest BCUT2D eigenvalue weighted by Crippen LogP contribution is 2.28. The highest BCUT2D eigenvalue weighted by atomic mass is 16.5. The lowest BCUT2D eigenvalue weighted by Crippen LogP contribution is -2.58. The summed E-state index contributed by atoms with van der Waals surface area (Å²) in [5, 5.41) is 2.68. The number of esters is 1. The average molecular weight is 284 g/mol. The van der Waals surface area contributed by atoms with Crippen LogP contribution in [0.15, 0.2) is 0 Å². The number of methoxy groups -OCH3 is 1. The second-order valence-electron chi connectivity index (χ2n) is 5.53. The lowest BCUT2D eigenvalue weighted by Gasteiger charge is -2.44. The minimum absolute atomic E-state index is 0.214. The Bertz CT molecular complexity index is 359. The zero-order valence-corrected chi connectivity index (χ0v) is 12.3. The van der Waals surface area contributed by atoms with Gasteiger partial charge in [0.05, 0.1) is 19.8 Å². The highest BCUT2D eigenvalue weighted by molar-refractivity contribution is 5.83. The molecule has 1 saturated heterocycles. The molecular formula is C14H24N2O4. The van der Waals surface area contributed by atoms with Crippen LogP contribution in [-0.2, 0) is 19.1 Å². The first-order chi connectivity index (χ1) is 9.61. The van der Waals surface area contributed by atoms with Crippen LogP contribution in [0.5, 0.6) is 0 Å². The Kier molecular flexibility index (Phi) is 5.37. The molecule has 1 amide bonds. The van der Waals surface area contributed by atoms with Crippen molar-refractivity contribution in [2.24, 2.45) is 0 Å². The van der Waals surface area contributed by atoms with Gasteiger partial charge in [-0.25, -0.2) is 4.79 Å². The van der Waals surface area contributed by atoms with Crippen molar-refractivity contribution < 1.29 is 19.1 Å². The van der Waals surface area contributed by atoms with Gasteiger partial charge >= 0.3 is 5.97 Å². The van der Waals surface area contributed by atoms with Gasteiger partial charge in [-0.05, 0) is 12.8 Å². The molecule has 6 nitrogen and oxygen atoms in total. The number of nitrogens with zero attached hydrogens (tertiary/aromatic N) is 1. The number of ether oxygens (including phenoxy) is 2. The highest BCUT2D eigenvalue weighted by Gasteiger charge is 2.36. The van der Waals surface area contributed by atoms with E-state index in [9.17, 15) is 9.59 Å². The van der Waals surface area contributed by atoms with Crippen LogP contribution in [0.3, 0.4) is 0 Å². The maximum Gasteiger partial charge on any atom is 0.329 e. The van der Waals surface area contributed by atoms with Crippen molar-refractivity contribution in [2.75, 3.05) is 26.8 Å². The monoisotopic (exact) mass is 284 g/mol. The molecule has 0 spiro atoms. The SMILES string of the molecule is COC(=O)C(CN1CCOC2CCCCC21)NC(C)=O. The summed E-state index contributed by atoms with van der Waals surface area (Å²) in [5.74, 6) is -0.604. The second kappa shape index (κ2) is 7.04. The maximum absolute atomic E-state index is 11.8. The Morgan fingerprint density at radius 3 is 2.85 bits per heavy atom. The van der Waals surface area contributed by atoms with Crippen LogP contribution in [0.25, 0.3) is 0 Å². The van der Waals surface area contributed by atoms with Gasteiger partial charge < -0.3 is 14.8 Å². The van der Waals surface area contributed by atoms with Gasteiger partial charge in [0.1, 0.15) is 6.04 Å². The quantitative estimate of drug-likeness (QED) is 0.752. The topological polar surface area (TPSA) is 67.9 Å². The lowest BCUT2D eigenvalue weighted by molar-refractivity contribution is -0.147. The summed E-state index contributed by atoms with van der Waals surface area (Å²) in [6.45, 7) is 3.40. The number of carbonyl (C=O) groups is 2. The summed E-state index contributed by atoms with van der Waals surface area (Å²) >= 11 is 0. The summed E-state index contributed by atoms with van der Waals surface area (Å²) in [6.07, 6.45) is 4.86. The largest absolute Gasteiger partial charge is 0.467 e. The normalized spacial score (nSPS) is 28.3. The van der Waals surface area contributed by atoms with Crippen LogP contribution in [-0.4, -0.2) is 61.8 Å². The standard InChI is InChI=1S/C14H24N2O4/c1-10(17)15-11(14(18)19-2)9-16-7-8-20-13-6-4-3-5-12(13)16/h11-13H,3-9H2,1-2H3,(H,15,17). The molecule has 1 aliphatic carbocycles. The van der Waals surface area contributed by atoms with Gasteiger partial charge in [-0.1, -0.05) is 12.8 Å². The summed E-state index contributed by atoms with van der Waals surface area (Å²) in [7, 11) is 1.35. The smallest absolute Gasteiger partial charge is 0.329 e. The van der Waals surface area contributed by atoms with Gasteiger partial charge in [-0.15, -0.1) is 0 Å². The Balaban J connectivity index is 2.00. The molecule has 2 rings (SSSR count). The molecule has 1 saturated carbocycles. The van der Waals surface area contributed by atoms with Gasteiger partial charge in [0.15, 0.2) is 0 Å². The molecule has 3 unspecified atom stereocenters. The van der Waals surface area contributed by atoms with Crippen LogP contribution in [0.4, 0.5) is 0 Å². The molecule has 1 aliphatic heterocycles. The summed E-state index contributed by atoms with van der Waals surface area (Å²) < 4.78 is 10.6. The summed E-state index contributed by atoms with van der Waals surface area (Å²) in [6, 6.07) is -0.239. The van der Waals surface area contributed by atoms with Crippen molar-refractivity contribution in [3.05, 3.63) is 0 Å². The fourth-order valence-electron chi connectivity index (χ4n) is 3.20. The molecule has 20 heavy (non-hydrogen) atoms. The third kappa shape index (κ3) is 3.70. The molecule has 0 aromatic rings. The van der Waals surface area contributed by atoms with Crippen molar-refractivity contribution in [1.82, 2.24) is 10.2 Å². The molecule has 2 aliphatic rings. The van der Waals surface area contributed by atoms with E-state index in [1.54, 1.807) is 0 Å². The third-order valence-electron chi connectivity index (χ3n) is 4.13. The van der Waals surface area contributed by atoms with E-state index < -0.39 is 6.04 Å². The Labute approximate surface area is 119 Å². The van der Waals surface area contributed by atoms with Gasteiger partial charge in [0, 0.05) is 26.1 Å². The van der Waals surface area contributed by atoms with E-state index in [-0.39, 0.29) is 18.0 Å². The molecule has 0 radical (unpaired) electrons. The maximum atomic E-state index is 11.8. The average Bonchev–Trinajstić information content (AvgIpc) is 2.45. The van der Waals surface area contributed by atoms with Gasteiger partial charge in [-0.2, -0.15) is 0 Å². The second-order valence-corrected chi connectivity index (χ2v) is 5.53. The number of hydrogen-bond acceptors (Lipinski definition) is 5. The van der Waals surface area contributed by atoms with E-state index in [2.05, 4.69) is 10.2 Å². The van der Waals surface area contributed by atoms with Gasteiger partial charge in [0.25, 0.3) is 0 Å². The molecule has 1 N–H and O–H groups in total. The zero-order chi connectivity index (χ0) is 14.5. The number of carbonyl (C=O) groups excluding carboxylic acids is 2. The van der Waals surface area contributed by atoms with E-state index in [1.807, 2.05) is 0 Å². The molecule has 0 aromatic carbocycles. The number of hydrogen-bond donors (Lipinski definition) is 1. The minimum atomic E-state index is -0.599. The van der Waals surface area contributed by atoms with Crippen molar-refractivity contribution in [2.45, 2.75) is 50.8 Å². The minimum Gasteiger partial charge on any atom is -0.467 e. The fourth-order valence-corrected chi connectivity index (χ4v) is 3.20. The van der Waals surface area contributed by atoms with Crippen LogP contribution in [0.2, 0.25) is 0 Å². The lowest BCUT2D eigenvalue weighted by atomic mass is 9.90. The molecule has 6 heteroatoms. The number of amides is 1. The number of morpholine rings is 1. The van der Waals surface area contributed by atoms with Crippen molar-refractivity contribution in [3.63, 3.8) is 0 Å². The van der Waals surface area contributed by atoms with E-state index >= 15 is 0 Å². The van der Waals surface area contributed by atoms with Crippen LogP contribution in [0.1, 0.15) is 32.6 Å². The van der Waals surface area contributed by atoms with Gasteiger partial charge in [-0.3, -0.25) is 9.69 Å². The molecule has 2 fully saturated rings. The molecule has 0 aromatic heterocycles. The van der Waals surface area contributed by atoms with E-state index in [4.69, 9.17) is 9.47 Å². The Hall–Kier alpha value is -1.14. The van der Waals surface area contributed by atoms with Crippen molar-refractivity contribution in [1.29, 1.82) is 0 Å². The molecule has 1 heterocycles. The third-order valence-corrected chi connectivity index (χ3v) is 4.13. The molecule has 3 atom stereocenters. The van der Waals surface area contributed by atoms with Gasteiger partial charge in [0.2, 0.25) is 5.91 Å². The predicted molar refractivity (Wildman–Crippen MR) is 73.2 cm³/mol. The Morgan fingerprint density at radius 2 is 2.15 bits per heavy atom. The fraction of sp³-hybridized carbons (Fsp3) is 0.857. The van der Waals surface area contributed by atoms with E-state index in [1.165, 1.54) is 26.9 Å². The first kappa shape index (κ1) is 15.3. The number of rotatable bonds is 4. The van der Waals surface area contributed by atoms with Crippen LogP contribution in [0, 0.1) is 0 Å². The molecule has 114 valence electrons. The summed E-state index contributed by atoms with van der Waals surface area (Å²) in [4.78, 5) is 25.3. The van der Waals surface area contributed by atoms with Crippen molar-refractivity contribution in [3.8, 4) is 0 Å². The first-order valence-corrected chi connectivity index (χ1v) is 7.32. The van der Waals surface area contributed by atoms with Crippen LogP contribution >= 0.6 is 0 Å². The Morgan fingerprint density at radius 1 is 1.40 bits per heavy atom. The number of nitrogens with one attached hydrogen (secondary N) is 1. The predicted octanol–water partition coefficient (Wildman–Crippen LogP) is 0.307. The summed E-state index contributed by atoms with van der Waals surface area (Å²) in [5.41, 5.74) is 0. The number of fused-ring (bicyclic) bond motifs is 1. The van der Waals surface area contributed by atoms with E-state index in [0.29, 0.717) is 19.2 Å². The molecule has 0 bridgehead atoms. The molecular weight excluding hydrogens is 260 g/mol.